The third kappa shape index (κ3) is 6.81. The molecule has 9 heteroatoms. The summed E-state index contributed by atoms with van der Waals surface area (Å²) in [5, 5.41) is 0. The third-order valence-electron chi connectivity index (χ3n) is 18.1. The summed E-state index contributed by atoms with van der Waals surface area (Å²) in [5.74, 6) is 6.63. The van der Waals surface area contributed by atoms with Crippen LogP contribution in [0.3, 0.4) is 0 Å². The number of fused-ring (bicyclic) bond motifs is 16. The van der Waals surface area contributed by atoms with E-state index in [-0.39, 0.29) is 24.3 Å². The van der Waals surface area contributed by atoms with Crippen LogP contribution in [0.5, 0.6) is 46.0 Å². The van der Waals surface area contributed by atoms with Crippen molar-refractivity contribution in [2.45, 2.75) is 65.0 Å². The van der Waals surface area contributed by atoms with Gasteiger partial charge in [-0.2, -0.15) is 0 Å². The predicted octanol–water partition coefficient (Wildman–Crippen LogP) is 15.8. The smallest absolute Gasteiger partial charge is 0.254 e. The van der Waals surface area contributed by atoms with Crippen LogP contribution in [-0.4, -0.2) is 13.4 Å². The average Bonchev–Trinajstić information content (AvgIpc) is 3.44. The van der Waals surface area contributed by atoms with Gasteiger partial charge in [0.05, 0.1) is 0 Å². The number of benzene rings is 11. The summed E-state index contributed by atoms with van der Waals surface area (Å²) in [6.07, 6.45) is 0. The third-order valence-corrected chi connectivity index (χ3v) is 20.6. The van der Waals surface area contributed by atoms with Gasteiger partial charge in [0.15, 0.2) is 11.5 Å². The molecule has 17 rings (SSSR count). The minimum atomic E-state index is -0.357. The molecule has 0 spiro atoms. The zero-order chi connectivity index (χ0) is 54.8. The molecule has 0 atom stereocenters. The van der Waals surface area contributed by atoms with Gasteiger partial charge in [-0.15, -0.1) is 0 Å². The van der Waals surface area contributed by atoms with E-state index in [0.717, 1.165) is 63.1 Å². The van der Waals surface area contributed by atoms with Crippen LogP contribution >= 0.6 is 23.5 Å². The molecule has 390 valence electrons. The molecule has 0 bridgehead atoms. The Labute approximate surface area is 487 Å². The topological polar surface area (TPSA) is 40.2 Å². The first kappa shape index (κ1) is 48.0. The van der Waals surface area contributed by atoms with Crippen molar-refractivity contribution in [1.82, 2.24) is 0 Å². The second-order valence-electron chi connectivity index (χ2n) is 23.4. The van der Waals surface area contributed by atoms with Crippen molar-refractivity contribution in [3.05, 3.63) is 246 Å². The maximum atomic E-state index is 7.94. The lowest BCUT2D eigenvalue weighted by Crippen LogP contribution is -2.64. The summed E-state index contributed by atoms with van der Waals surface area (Å²) < 4.78 is 29.0. The molecule has 4 aliphatic heterocycles. The molecule has 4 heterocycles. The predicted molar refractivity (Wildman–Crippen MR) is 337 cm³/mol. The molecule has 0 saturated carbocycles. The van der Waals surface area contributed by atoms with Crippen molar-refractivity contribution in [2.24, 2.45) is 0 Å². The monoisotopic (exact) mass is 1090 g/mol. The first-order valence-electron chi connectivity index (χ1n) is 28.3. The SMILES string of the molecule is Cc1c2c(c(N(c3ccccc3)c3ccccc3)c3c1B1c4ccccc4Sc4c1c(cc1c4C(C)(C)c4cc(Oc5ccccc5)ccc4-1)O3)Oc1cc3c(c4c1B2c1ccccc1S4)C(C)(C)c1cc(Oc2ccccc2)ccc1-3. The second kappa shape index (κ2) is 17.6. The largest absolute Gasteiger partial charge is 0.457 e. The first-order chi connectivity index (χ1) is 40.1. The molecule has 0 fully saturated rings. The number of hydrogen-bond acceptors (Lipinski definition) is 7. The fourth-order valence-corrected chi connectivity index (χ4v) is 17.5. The Bertz CT molecular complexity index is 4270. The lowest BCUT2D eigenvalue weighted by atomic mass is 9.31. The van der Waals surface area contributed by atoms with Gasteiger partial charge < -0.3 is 23.8 Å². The highest BCUT2D eigenvalue weighted by Crippen LogP contribution is 2.60. The Kier molecular flexibility index (Phi) is 10.3. The van der Waals surface area contributed by atoms with Gasteiger partial charge in [0.1, 0.15) is 40.2 Å². The van der Waals surface area contributed by atoms with E-state index in [4.69, 9.17) is 18.9 Å². The van der Waals surface area contributed by atoms with Crippen LogP contribution in [-0.2, 0) is 10.8 Å². The van der Waals surface area contributed by atoms with Gasteiger partial charge in [-0.3, -0.25) is 0 Å². The fraction of sp³-hybridized carbons (Fsp3) is 0.0959. The summed E-state index contributed by atoms with van der Waals surface area (Å²) in [7, 11) is 0. The Morgan fingerprint density at radius 3 is 1.22 bits per heavy atom. The zero-order valence-electron chi connectivity index (χ0n) is 45.8. The van der Waals surface area contributed by atoms with E-state index in [2.05, 4.69) is 197 Å². The molecule has 5 nitrogen and oxygen atoms in total. The number of anilines is 3. The lowest BCUT2D eigenvalue weighted by molar-refractivity contribution is 0.465. The van der Waals surface area contributed by atoms with E-state index in [1.807, 2.05) is 84.2 Å². The first-order valence-corrected chi connectivity index (χ1v) is 29.9. The van der Waals surface area contributed by atoms with Crippen molar-refractivity contribution >= 4 is 86.8 Å². The van der Waals surface area contributed by atoms with Crippen LogP contribution in [0.15, 0.2) is 238 Å². The molecule has 0 radical (unpaired) electrons. The van der Waals surface area contributed by atoms with Crippen LogP contribution in [0.1, 0.15) is 55.5 Å². The van der Waals surface area contributed by atoms with Crippen molar-refractivity contribution in [2.75, 3.05) is 4.90 Å². The van der Waals surface area contributed by atoms with Gasteiger partial charge in [-0.25, -0.2) is 0 Å². The van der Waals surface area contributed by atoms with Gasteiger partial charge in [0.25, 0.3) is 13.4 Å². The molecule has 0 unspecified atom stereocenters. The Balaban J connectivity index is 0.938. The quantitative estimate of drug-likeness (QED) is 0.147. The van der Waals surface area contributed by atoms with Gasteiger partial charge in [0, 0.05) is 41.8 Å². The summed E-state index contributed by atoms with van der Waals surface area (Å²) in [5.41, 5.74) is 20.6. The molecule has 11 aromatic carbocycles. The Morgan fingerprint density at radius 2 is 0.793 bits per heavy atom. The highest BCUT2D eigenvalue weighted by atomic mass is 32.2. The number of nitrogens with zero attached hydrogens (tertiary/aromatic N) is 1. The van der Waals surface area contributed by atoms with Crippen molar-refractivity contribution < 1.29 is 18.9 Å². The molecule has 0 aromatic heterocycles. The Morgan fingerprint density at radius 1 is 0.402 bits per heavy atom. The van der Waals surface area contributed by atoms with Gasteiger partial charge in [-0.05, 0) is 170 Å². The lowest BCUT2D eigenvalue weighted by Gasteiger charge is -2.43. The summed E-state index contributed by atoms with van der Waals surface area (Å²) >= 11 is 3.79. The number of rotatable bonds is 7. The number of hydrogen-bond donors (Lipinski definition) is 0. The van der Waals surface area contributed by atoms with Gasteiger partial charge in [0.2, 0.25) is 0 Å². The maximum absolute atomic E-state index is 7.94. The molecule has 11 aromatic rings. The van der Waals surface area contributed by atoms with E-state index in [0.29, 0.717) is 0 Å². The molecule has 82 heavy (non-hydrogen) atoms. The molecule has 0 saturated heterocycles. The number of para-hydroxylation sites is 4. The molecular weight excluding hydrogens is 1040 g/mol. The summed E-state index contributed by atoms with van der Waals surface area (Å²) in [4.78, 5) is 7.45. The van der Waals surface area contributed by atoms with Crippen LogP contribution in [0.2, 0.25) is 0 Å². The fourth-order valence-electron chi connectivity index (χ4n) is 14.6. The van der Waals surface area contributed by atoms with E-state index >= 15 is 0 Å². The maximum Gasteiger partial charge on any atom is 0.254 e. The highest BCUT2D eigenvalue weighted by molar-refractivity contribution is 8.00. The van der Waals surface area contributed by atoms with Crippen molar-refractivity contribution in [3.63, 3.8) is 0 Å². The minimum absolute atomic E-state index is 0.166. The van der Waals surface area contributed by atoms with Crippen LogP contribution in [0, 0.1) is 6.92 Å². The second-order valence-corrected chi connectivity index (χ2v) is 25.5. The van der Waals surface area contributed by atoms with E-state index < -0.39 is 0 Å². The van der Waals surface area contributed by atoms with Crippen LogP contribution in [0.4, 0.5) is 17.1 Å². The van der Waals surface area contributed by atoms with Crippen LogP contribution in [0.25, 0.3) is 22.3 Å². The molecule has 6 aliphatic rings. The van der Waals surface area contributed by atoms with Gasteiger partial charge >= 0.3 is 0 Å². The molecular formula is C73H51B2NO4S2. The standard InChI is InChI=1S/C73H51B2NO4S2/c1-42-63-68(79-57-40-51-49-36-34-47(77-45-26-14-8-15-27-45)38-53(49)72(2,3)61(51)70-65(57)74(63)55-30-18-20-32-59(55)81-70)67(76(43-22-10-6-11-23-43)44-24-12-7-13-25-44)69-64(42)75-56-31-19-21-33-60(56)82-71-62-52(41-58(80-69)66(71)75)50-37-35-48(39-54(50)73(62,4)5)78-46-28-16-9-17-29-46/h6-41H,1-5H3. The Hall–Kier alpha value is -8.75. The summed E-state index contributed by atoms with van der Waals surface area (Å²) in [6, 6.07) is 77.8. The zero-order valence-corrected chi connectivity index (χ0v) is 47.5. The van der Waals surface area contributed by atoms with E-state index in [1.165, 1.54) is 102 Å². The van der Waals surface area contributed by atoms with Crippen LogP contribution < -0.4 is 56.6 Å². The summed E-state index contributed by atoms with van der Waals surface area (Å²) in [6.45, 7) is 11.6. The van der Waals surface area contributed by atoms with Crippen molar-refractivity contribution in [1.29, 1.82) is 0 Å². The average molecular weight is 1090 g/mol. The molecule has 2 aliphatic carbocycles. The normalized spacial score (nSPS) is 14.9. The van der Waals surface area contributed by atoms with Crippen molar-refractivity contribution in [3.8, 4) is 68.2 Å². The van der Waals surface area contributed by atoms with Gasteiger partial charge in [-0.1, -0.05) is 189 Å². The number of ether oxygens (including phenoxy) is 4. The molecule has 0 N–H and O–H groups in total. The van der Waals surface area contributed by atoms with E-state index in [1.54, 1.807) is 0 Å². The highest BCUT2D eigenvalue weighted by Gasteiger charge is 2.53. The minimum Gasteiger partial charge on any atom is -0.457 e. The molecule has 0 amide bonds. The van der Waals surface area contributed by atoms with E-state index in [9.17, 15) is 0 Å².